The van der Waals surface area contributed by atoms with Gasteiger partial charge in [-0.1, -0.05) is 11.8 Å². The summed E-state index contributed by atoms with van der Waals surface area (Å²) in [5.74, 6) is 0.348. The van der Waals surface area contributed by atoms with Crippen LogP contribution in [0.2, 0.25) is 0 Å². The van der Waals surface area contributed by atoms with Gasteiger partial charge in [-0.05, 0) is 24.3 Å². The third-order valence-corrected chi connectivity index (χ3v) is 3.58. The number of hydrogen-bond donors (Lipinski definition) is 2. The van der Waals surface area contributed by atoms with Crippen LogP contribution in [0.4, 0.5) is 10.7 Å². The highest BCUT2D eigenvalue weighted by molar-refractivity contribution is 7.99. The number of benzene rings is 1. The van der Waals surface area contributed by atoms with Crippen molar-refractivity contribution in [3.8, 4) is 0 Å². The molecule has 0 aliphatic rings. The van der Waals surface area contributed by atoms with Gasteiger partial charge in [0.25, 0.3) is 0 Å². The summed E-state index contributed by atoms with van der Waals surface area (Å²) in [6, 6.07) is 7.60. The second-order valence-electron chi connectivity index (χ2n) is 4.03. The van der Waals surface area contributed by atoms with E-state index in [0.717, 1.165) is 21.0 Å². The molecule has 0 aliphatic heterocycles. The number of fused-ring (bicyclic) bond motifs is 1. The number of aromatic nitrogens is 4. The molecule has 8 heteroatoms. The second-order valence-corrected chi connectivity index (χ2v) is 5.12. The zero-order valence-electron chi connectivity index (χ0n) is 11.0. The van der Waals surface area contributed by atoms with Gasteiger partial charge >= 0.3 is 6.09 Å². The fourth-order valence-electron chi connectivity index (χ4n) is 1.72. The summed E-state index contributed by atoms with van der Waals surface area (Å²) in [5, 5.41) is 3.35. The quantitative estimate of drug-likeness (QED) is 0.722. The van der Waals surface area contributed by atoms with Crippen molar-refractivity contribution in [2.45, 2.75) is 9.92 Å². The number of amides is 1. The smallest absolute Gasteiger partial charge is 0.413 e. The third kappa shape index (κ3) is 3.11. The lowest BCUT2D eigenvalue weighted by Gasteiger charge is -1.99. The lowest BCUT2D eigenvalue weighted by molar-refractivity contribution is 0.186. The predicted octanol–water partition coefficient (Wildman–Crippen LogP) is 2.68. The molecule has 0 saturated carbocycles. The number of ether oxygens (including phenoxy) is 1. The lowest BCUT2D eigenvalue weighted by Crippen LogP contribution is -2.11. The molecule has 2 aromatic heterocycles. The molecule has 2 N–H and O–H groups in total. The SMILES string of the molecule is COC(=O)Nc1nc2ccc(Sc3ccncn3)cc2[nH]1. The third-order valence-electron chi connectivity index (χ3n) is 2.64. The maximum atomic E-state index is 11.2. The Hall–Kier alpha value is -2.61. The van der Waals surface area contributed by atoms with E-state index >= 15 is 0 Å². The summed E-state index contributed by atoms with van der Waals surface area (Å²) in [6.45, 7) is 0. The van der Waals surface area contributed by atoms with Crippen molar-refractivity contribution in [2.75, 3.05) is 12.4 Å². The van der Waals surface area contributed by atoms with E-state index in [2.05, 4.69) is 30.0 Å². The average molecular weight is 301 g/mol. The molecule has 1 amide bonds. The van der Waals surface area contributed by atoms with Crippen molar-refractivity contribution in [1.82, 2.24) is 19.9 Å². The molecule has 21 heavy (non-hydrogen) atoms. The zero-order chi connectivity index (χ0) is 14.7. The number of imidazole rings is 1. The number of anilines is 1. The molecule has 0 bridgehead atoms. The Balaban J connectivity index is 1.84. The molecule has 0 spiro atoms. The maximum absolute atomic E-state index is 11.2. The molecule has 106 valence electrons. The number of aromatic amines is 1. The molecule has 0 aliphatic carbocycles. The lowest BCUT2D eigenvalue weighted by atomic mass is 10.3. The van der Waals surface area contributed by atoms with Gasteiger partial charge in [0.05, 0.1) is 18.1 Å². The Kier molecular flexibility index (Phi) is 3.69. The molecule has 1 aromatic carbocycles. The number of methoxy groups -OCH3 is 1. The highest BCUT2D eigenvalue weighted by Gasteiger charge is 2.07. The van der Waals surface area contributed by atoms with Crippen LogP contribution in [-0.2, 0) is 4.74 Å². The van der Waals surface area contributed by atoms with Gasteiger partial charge in [-0.25, -0.2) is 19.7 Å². The standard InChI is InChI=1S/C13H11N5O2S/c1-20-13(19)18-12-16-9-3-2-8(6-10(9)17-12)21-11-4-5-14-7-15-11/h2-7H,1H3,(H2,16,17,18,19). The Morgan fingerprint density at radius 3 is 3.05 bits per heavy atom. The van der Waals surface area contributed by atoms with Crippen LogP contribution in [0.15, 0.2) is 46.7 Å². The first kappa shape index (κ1) is 13.4. The van der Waals surface area contributed by atoms with E-state index in [0.29, 0.717) is 5.95 Å². The van der Waals surface area contributed by atoms with Crippen LogP contribution in [0, 0.1) is 0 Å². The van der Waals surface area contributed by atoms with Gasteiger partial charge in [-0.2, -0.15) is 0 Å². The normalized spacial score (nSPS) is 10.5. The Morgan fingerprint density at radius 2 is 2.29 bits per heavy atom. The first-order valence-corrected chi connectivity index (χ1v) is 6.85. The van der Waals surface area contributed by atoms with E-state index in [-0.39, 0.29) is 0 Å². The fourth-order valence-corrected chi connectivity index (χ4v) is 2.50. The van der Waals surface area contributed by atoms with Crippen molar-refractivity contribution < 1.29 is 9.53 Å². The van der Waals surface area contributed by atoms with Crippen LogP contribution in [0.3, 0.4) is 0 Å². The molecule has 0 fully saturated rings. The Bertz CT molecular complexity index is 775. The summed E-state index contributed by atoms with van der Waals surface area (Å²) in [5.41, 5.74) is 1.58. The van der Waals surface area contributed by atoms with Crippen LogP contribution in [-0.4, -0.2) is 33.1 Å². The van der Waals surface area contributed by atoms with Crippen molar-refractivity contribution in [3.05, 3.63) is 36.8 Å². The van der Waals surface area contributed by atoms with Gasteiger partial charge in [-0.3, -0.25) is 5.32 Å². The summed E-state index contributed by atoms with van der Waals surface area (Å²) in [4.78, 5) is 27.5. The van der Waals surface area contributed by atoms with Crippen LogP contribution in [0.25, 0.3) is 11.0 Å². The van der Waals surface area contributed by atoms with Crippen molar-refractivity contribution in [2.24, 2.45) is 0 Å². The van der Waals surface area contributed by atoms with Crippen LogP contribution in [0.1, 0.15) is 0 Å². The van der Waals surface area contributed by atoms with Crippen molar-refractivity contribution >= 4 is 34.8 Å². The topological polar surface area (TPSA) is 92.8 Å². The molecule has 0 radical (unpaired) electrons. The van der Waals surface area contributed by atoms with Crippen LogP contribution >= 0.6 is 11.8 Å². The number of nitrogens with one attached hydrogen (secondary N) is 2. The van der Waals surface area contributed by atoms with Crippen molar-refractivity contribution in [1.29, 1.82) is 0 Å². The summed E-state index contributed by atoms with van der Waals surface area (Å²) in [7, 11) is 1.30. The minimum absolute atomic E-state index is 0.348. The first-order valence-electron chi connectivity index (χ1n) is 6.03. The van der Waals surface area contributed by atoms with Crippen LogP contribution < -0.4 is 5.32 Å². The van der Waals surface area contributed by atoms with E-state index in [1.807, 2.05) is 24.3 Å². The largest absolute Gasteiger partial charge is 0.453 e. The number of hydrogen-bond acceptors (Lipinski definition) is 6. The van der Waals surface area contributed by atoms with Gasteiger partial charge in [0.1, 0.15) is 11.4 Å². The van der Waals surface area contributed by atoms with E-state index in [4.69, 9.17) is 0 Å². The highest BCUT2D eigenvalue weighted by atomic mass is 32.2. The fraction of sp³-hybridized carbons (Fsp3) is 0.0769. The monoisotopic (exact) mass is 301 g/mol. The Morgan fingerprint density at radius 1 is 1.38 bits per heavy atom. The Labute approximate surface area is 124 Å². The van der Waals surface area contributed by atoms with E-state index in [1.165, 1.54) is 25.2 Å². The molecule has 0 saturated heterocycles. The van der Waals surface area contributed by atoms with Crippen LogP contribution in [0.5, 0.6) is 0 Å². The molecule has 2 heterocycles. The minimum Gasteiger partial charge on any atom is -0.453 e. The second kappa shape index (κ2) is 5.80. The minimum atomic E-state index is -0.565. The van der Waals surface area contributed by atoms with Crippen molar-refractivity contribution in [3.63, 3.8) is 0 Å². The van der Waals surface area contributed by atoms with E-state index < -0.39 is 6.09 Å². The number of H-pyrrole nitrogens is 1. The predicted molar refractivity (Wildman–Crippen MR) is 78.3 cm³/mol. The molecule has 0 atom stereocenters. The molecule has 7 nitrogen and oxygen atoms in total. The average Bonchev–Trinajstić information content (AvgIpc) is 2.89. The zero-order valence-corrected chi connectivity index (χ0v) is 11.8. The number of carbonyl (C=O) groups is 1. The molecule has 3 rings (SSSR count). The molecular formula is C13H11N5O2S. The van der Waals surface area contributed by atoms with Gasteiger partial charge in [0.2, 0.25) is 5.95 Å². The maximum Gasteiger partial charge on any atom is 0.413 e. The molecule has 0 unspecified atom stereocenters. The summed E-state index contributed by atoms with van der Waals surface area (Å²) in [6.07, 6.45) is 2.64. The van der Waals surface area contributed by atoms with Gasteiger partial charge in [0, 0.05) is 11.1 Å². The van der Waals surface area contributed by atoms with Gasteiger partial charge in [-0.15, -0.1) is 0 Å². The van der Waals surface area contributed by atoms with E-state index in [1.54, 1.807) is 6.20 Å². The van der Waals surface area contributed by atoms with Gasteiger partial charge in [0.15, 0.2) is 0 Å². The molecule has 3 aromatic rings. The summed E-state index contributed by atoms with van der Waals surface area (Å²) < 4.78 is 4.52. The van der Waals surface area contributed by atoms with E-state index in [9.17, 15) is 4.79 Å². The molecular weight excluding hydrogens is 290 g/mol. The number of nitrogens with zero attached hydrogens (tertiary/aromatic N) is 3. The number of rotatable bonds is 3. The van der Waals surface area contributed by atoms with Gasteiger partial charge < -0.3 is 9.72 Å². The first-order chi connectivity index (χ1) is 10.2. The highest BCUT2D eigenvalue weighted by Crippen LogP contribution is 2.28. The summed E-state index contributed by atoms with van der Waals surface area (Å²) >= 11 is 1.52. The number of carbonyl (C=O) groups excluding carboxylic acids is 1.